The van der Waals surface area contributed by atoms with Gasteiger partial charge in [-0.1, -0.05) is 333 Å². The van der Waals surface area contributed by atoms with E-state index in [2.05, 4.69) is 126 Å². The fourth-order valence-corrected chi connectivity index (χ4v) is 17.6. The van der Waals surface area contributed by atoms with Gasteiger partial charge in [0.15, 0.2) is 0 Å². The first-order valence-corrected chi connectivity index (χ1v) is 39.0. The van der Waals surface area contributed by atoms with E-state index in [9.17, 15) is 0 Å². The van der Waals surface area contributed by atoms with Crippen LogP contribution in [0.15, 0.2) is 116 Å². The molecule has 0 fully saturated rings. The smallest absolute Gasteiger partial charge is 0.262 e. The zero-order valence-electron chi connectivity index (χ0n) is 59.5. The molecule has 0 amide bonds. The molecule has 6 aromatic carbocycles. The lowest BCUT2D eigenvalue weighted by Crippen LogP contribution is -2.26. The van der Waals surface area contributed by atoms with Crippen molar-refractivity contribution in [2.45, 2.75) is 322 Å². The van der Waals surface area contributed by atoms with E-state index < -0.39 is 0 Å². The summed E-state index contributed by atoms with van der Waals surface area (Å²) in [6.45, 7) is 14.4. The van der Waals surface area contributed by atoms with Crippen LogP contribution in [0.2, 0.25) is 0 Å². The predicted molar refractivity (Wildman–Crippen MR) is 404 cm³/mol. The number of nitrogens with zero attached hydrogens (tertiary/aromatic N) is 2. The lowest BCUT2D eigenvalue weighted by Gasteiger charge is -2.33. The number of aromatic nitrogens is 2. The number of unbranched alkanes of at least 4 members (excludes halogenated alkanes) is 30. The molecule has 6 heteroatoms. The molecule has 0 saturated heterocycles. The molecule has 0 saturated carbocycles. The van der Waals surface area contributed by atoms with E-state index in [0.29, 0.717) is 34.6 Å². The van der Waals surface area contributed by atoms with Crippen molar-refractivity contribution in [1.29, 1.82) is 0 Å². The summed E-state index contributed by atoms with van der Waals surface area (Å²) < 4.78 is 3.07. The fourth-order valence-electron chi connectivity index (χ4n) is 17.6. The average molecular weight is 1270 g/mol. The minimum Gasteiger partial charge on any atom is -0.274 e. The number of hydrogen-bond donors (Lipinski definition) is 0. The van der Waals surface area contributed by atoms with Crippen molar-refractivity contribution in [3.05, 3.63) is 161 Å². The van der Waals surface area contributed by atoms with E-state index in [4.69, 9.17) is 0 Å². The Bertz CT molecular complexity index is 3690. The molecular formula is C88H118N2O4. The van der Waals surface area contributed by atoms with Gasteiger partial charge in [-0.25, -0.2) is 0 Å². The van der Waals surface area contributed by atoms with E-state index in [1.54, 1.807) is 0 Å². The largest absolute Gasteiger partial charge is 0.274 e. The Labute approximate surface area is 565 Å². The van der Waals surface area contributed by atoms with Gasteiger partial charge in [-0.05, 0) is 129 Å². The summed E-state index contributed by atoms with van der Waals surface area (Å²) in [5.74, 6) is 0. The molecule has 0 spiro atoms. The molecule has 2 aromatic heterocycles. The third-order valence-corrected chi connectivity index (χ3v) is 22.7. The summed E-state index contributed by atoms with van der Waals surface area (Å²) in [4.78, 5) is 62.9. The molecule has 0 atom stereocenters. The van der Waals surface area contributed by atoms with Crippen molar-refractivity contribution in [3.63, 3.8) is 0 Å². The van der Waals surface area contributed by atoms with E-state index in [1.165, 1.54) is 195 Å². The summed E-state index contributed by atoms with van der Waals surface area (Å²) in [5.41, 5.74) is 12.4. The zero-order valence-corrected chi connectivity index (χ0v) is 59.5. The van der Waals surface area contributed by atoms with Crippen molar-refractivity contribution < 1.29 is 0 Å². The van der Waals surface area contributed by atoms with Gasteiger partial charge in [-0.3, -0.25) is 28.3 Å². The highest BCUT2D eigenvalue weighted by molar-refractivity contribution is 6.22. The lowest BCUT2D eigenvalue weighted by atomic mass is 9.70. The van der Waals surface area contributed by atoms with E-state index in [0.717, 1.165) is 149 Å². The molecule has 8 aromatic rings. The molecule has 504 valence electrons. The lowest BCUT2D eigenvalue weighted by molar-refractivity contribution is 0.398. The van der Waals surface area contributed by atoms with Gasteiger partial charge in [-0.15, -0.1) is 0 Å². The molecule has 0 N–H and O–H groups in total. The van der Waals surface area contributed by atoms with Crippen molar-refractivity contribution in [2.75, 3.05) is 0 Å². The second-order valence-corrected chi connectivity index (χ2v) is 29.3. The minimum atomic E-state index is -0.259. The SMILES string of the molecule is CCCCCCCCn1c(=O)c2cc3c(-c4ccc5c(c4)C(CCCCCCCC)(CCCCCCCC)c4ccccc4-5)c4c(=O)n(CCCCCCCC)c(=O)c4cc3c(-c3ccc4c(c3)C(CCCCCCCC)(CCCCCCCC)c3ccccc3-4)c2c1=O. The number of rotatable bonds is 44. The van der Waals surface area contributed by atoms with Gasteiger partial charge in [0.05, 0.1) is 21.5 Å². The van der Waals surface area contributed by atoms with E-state index in [1.807, 2.05) is 12.1 Å². The number of fused-ring (bicyclic) bond motifs is 9. The van der Waals surface area contributed by atoms with Gasteiger partial charge in [-0.2, -0.15) is 0 Å². The van der Waals surface area contributed by atoms with Crippen LogP contribution >= 0.6 is 0 Å². The molecular weight excluding hydrogens is 1150 g/mol. The van der Waals surface area contributed by atoms with Crippen LogP contribution in [0, 0.1) is 0 Å². The van der Waals surface area contributed by atoms with Crippen LogP contribution in [-0.4, -0.2) is 9.13 Å². The van der Waals surface area contributed by atoms with E-state index >= 15 is 19.2 Å². The van der Waals surface area contributed by atoms with Gasteiger partial charge in [0.1, 0.15) is 0 Å². The van der Waals surface area contributed by atoms with Crippen molar-refractivity contribution >= 4 is 32.3 Å². The van der Waals surface area contributed by atoms with Crippen molar-refractivity contribution in [1.82, 2.24) is 9.13 Å². The molecule has 0 bridgehead atoms. The molecule has 0 radical (unpaired) electrons. The normalized spacial score (nSPS) is 13.6. The fraction of sp³-hybridized carbons (Fsp3) is 0.568. The Hall–Kier alpha value is -6.14. The first-order valence-electron chi connectivity index (χ1n) is 39.0. The highest BCUT2D eigenvalue weighted by Crippen LogP contribution is 2.58. The van der Waals surface area contributed by atoms with Crippen LogP contribution < -0.4 is 22.2 Å². The molecule has 2 aliphatic rings. The van der Waals surface area contributed by atoms with Crippen LogP contribution in [0.3, 0.4) is 0 Å². The average Bonchev–Trinajstić information content (AvgIpc) is 1.62. The molecule has 94 heavy (non-hydrogen) atoms. The third-order valence-electron chi connectivity index (χ3n) is 22.7. The van der Waals surface area contributed by atoms with Crippen LogP contribution in [0.4, 0.5) is 0 Å². The van der Waals surface area contributed by atoms with Crippen LogP contribution in [0.5, 0.6) is 0 Å². The minimum absolute atomic E-state index is 0.236. The first kappa shape index (κ1) is 70.7. The van der Waals surface area contributed by atoms with Gasteiger partial charge in [0.25, 0.3) is 22.2 Å². The molecule has 0 unspecified atom stereocenters. The number of benzene rings is 6. The predicted octanol–water partition coefficient (Wildman–Crippen LogP) is 24.7. The topological polar surface area (TPSA) is 78.1 Å². The quantitative estimate of drug-likeness (QED) is 0.0357. The maximum atomic E-state index is 15.8. The summed E-state index contributed by atoms with van der Waals surface area (Å²) >= 11 is 0. The Kier molecular flexibility index (Phi) is 26.1. The van der Waals surface area contributed by atoms with Crippen molar-refractivity contribution in [3.8, 4) is 44.5 Å². The Morgan fingerprint density at radius 1 is 0.266 bits per heavy atom. The van der Waals surface area contributed by atoms with Crippen LogP contribution in [0.25, 0.3) is 76.8 Å². The molecule has 6 nitrogen and oxygen atoms in total. The standard InChI is InChI=1S/C88H118N2O4/c1-7-13-19-25-31-41-55-87(56-42-32-26-20-14-8-2)75-49-39-37-47-67(75)69-53-51-65(61-77(69)87)79-71-63-74-82(86(94)90(84(74)92)60-46-36-30-24-18-12-6)80(72(71)64-73-81(79)85(93)89(83(73)91)59-45-35-29-23-17-11-5)66-52-54-70-68-48-38-40-50-76(68)88(78(70)62-66,57-43-33-27-21-15-9-3)58-44-34-28-22-16-10-4/h37-40,47-54,61-64H,7-36,41-46,55-60H2,1-6H3. The molecule has 0 aliphatic heterocycles. The van der Waals surface area contributed by atoms with E-state index in [-0.39, 0.29) is 33.1 Å². The highest BCUT2D eigenvalue weighted by atomic mass is 16.2. The summed E-state index contributed by atoms with van der Waals surface area (Å²) in [6.07, 6.45) is 46.0. The second-order valence-electron chi connectivity index (χ2n) is 29.3. The maximum Gasteiger partial charge on any atom is 0.262 e. The van der Waals surface area contributed by atoms with Crippen molar-refractivity contribution in [2.24, 2.45) is 0 Å². The number of hydrogen-bond acceptors (Lipinski definition) is 4. The molecule has 2 heterocycles. The Morgan fingerprint density at radius 2 is 0.543 bits per heavy atom. The van der Waals surface area contributed by atoms with Crippen LogP contribution in [0.1, 0.15) is 321 Å². The highest BCUT2D eigenvalue weighted by Gasteiger charge is 2.44. The zero-order chi connectivity index (χ0) is 65.9. The second kappa shape index (κ2) is 34.7. The Morgan fingerprint density at radius 3 is 0.862 bits per heavy atom. The van der Waals surface area contributed by atoms with Gasteiger partial charge in [0, 0.05) is 35.0 Å². The third kappa shape index (κ3) is 15.2. The molecule has 10 rings (SSSR count). The maximum absolute atomic E-state index is 15.8. The van der Waals surface area contributed by atoms with Gasteiger partial charge < -0.3 is 0 Å². The summed E-state index contributed by atoms with van der Waals surface area (Å²) in [6, 6.07) is 36.3. The molecule has 2 aliphatic carbocycles. The Balaban J connectivity index is 1.24. The van der Waals surface area contributed by atoms with Gasteiger partial charge in [0.2, 0.25) is 0 Å². The van der Waals surface area contributed by atoms with Gasteiger partial charge >= 0.3 is 0 Å². The summed E-state index contributed by atoms with van der Waals surface area (Å²) in [5, 5.41) is 3.21. The van der Waals surface area contributed by atoms with Crippen LogP contribution in [-0.2, 0) is 23.9 Å². The monoisotopic (exact) mass is 1270 g/mol. The summed E-state index contributed by atoms with van der Waals surface area (Å²) in [7, 11) is 0. The first-order chi connectivity index (χ1) is 46.1.